The van der Waals surface area contributed by atoms with Crippen molar-refractivity contribution in [3.8, 4) is 0 Å². The molecule has 9 heteroatoms. The van der Waals surface area contributed by atoms with E-state index in [2.05, 4.69) is 4.74 Å². The molecule has 0 aliphatic carbocycles. The van der Waals surface area contributed by atoms with Crippen LogP contribution in [0, 0.1) is 0 Å². The number of alkyl halides is 5. The molecule has 0 aliphatic heterocycles. The number of carbonyl (C=O) groups is 2. The quantitative estimate of drug-likeness (QED) is 0.375. The van der Waals surface area contributed by atoms with Gasteiger partial charge in [0, 0.05) is 6.42 Å². The van der Waals surface area contributed by atoms with Crippen LogP contribution in [0.2, 0.25) is 0 Å². The Kier molecular flexibility index (Phi) is 7.79. The van der Waals surface area contributed by atoms with Crippen molar-refractivity contribution in [3.05, 3.63) is 35.9 Å². The van der Waals surface area contributed by atoms with Crippen LogP contribution in [0.5, 0.6) is 0 Å². The van der Waals surface area contributed by atoms with Gasteiger partial charge in [0.2, 0.25) is 0 Å². The molecule has 0 unspecified atom stereocenters. The second kappa shape index (κ2) is 9.33. The van der Waals surface area contributed by atoms with Crippen molar-refractivity contribution in [2.24, 2.45) is 0 Å². The average Bonchev–Trinajstić information content (AvgIpc) is 2.55. The van der Waals surface area contributed by atoms with Crippen LogP contribution in [0.1, 0.15) is 31.2 Å². The van der Waals surface area contributed by atoms with Crippen molar-refractivity contribution in [3.63, 3.8) is 0 Å². The third-order valence-electron chi connectivity index (χ3n) is 3.09. The van der Waals surface area contributed by atoms with E-state index in [-0.39, 0.29) is 19.4 Å². The number of rotatable bonds is 9. The van der Waals surface area contributed by atoms with Crippen LogP contribution in [0.3, 0.4) is 0 Å². The molecular formula is C16H17F5O4. The lowest BCUT2D eigenvalue weighted by Crippen LogP contribution is -2.36. The minimum absolute atomic E-state index is 0.0429. The number of hydrogen-bond donors (Lipinski definition) is 0. The molecule has 0 fully saturated rings. The Hall–Kier alpha value is -2.19. The van der Waals surface area contributed by atoms with E-state index in [4.69, 9.17) is 4.74 Å². The highest BCUT2D eigenvalue weighted by atomic mass is 19.4. The Morgan fingerprint density at radius 3 is 2.00 bits per heavy atom. The predicted molar refractivity (Wildman–Crippen MR) is 76.7 cm³/mol. The maximum atomic E-state index is 12.6. The van der Waals surface area contributed by atoms with E-state index >= 15 is 0 Å². The Labute approximate surface area is 140 Å². The fraction of sp³-hybridized carbons (Fsp3) is 0.500. The van der Waals surface area contributed by atoms with Crippen molar-refractivity contribution < 1.29 is 41.0 Å². The first-order valence-corrected chi connectivity index (χ1v) is 7.41. The van der Waals surface area contributed by atoms with Gasteiger partial charge in [-0.2, -0.15) is 22.0 Å². The van der Waals surface area contributed by atoms with Crippen molar-refractivity contribution in [2.45, 2.75) is 44.4 Å². The third-order valence-corrected chi connectivity index (χ3v) is 3.09. The summed E-state index contributed by atoms with van der Waals surface area (Å²) in [6.45, 7) is -0.537. The average molecular weight is 368 g/mol. The second-order valence-electron chi connectivity index (χ2n) is 5.17. The largest absolute Gasteiger partial charge is 0.466 e. The van der Waals surface area contributed by atoms with Gasteiger partial charge in [0.15, 0.2) is 0 Å². The van der Waals surface area contributed by atoms with Gasteiger partial charge in [0.05, 0.1) is 19.4 Å². The van der Waals surface area contributed by atoms with Crippen LogP contribution in [0.4, 0.5) is 22.0 Å². The van der Waals surface area contributed by atoms with Crippen molar-refractivity contribution in [1.82, 2.24) is 0 Å². The lowest BCUT2D eigenvalue weighted by atomic mass is 10.2. The second-order valence-corrected chi connectivity index (χ2v) is 5.17. The number of hydrogen-bond acceptors (Lipinski definition) is 4. The van der Waals surface area contributed by atoms with Gasteiger partial charge < -0.3 is 9.47 Å². The summed E-state index contributed by atoms with van der Waals surface area (Å²) in [4.78, 5) is 22.7. The van der Waals surface area contributed by atoms with E-state index in [0.29, 0.717) is 0 Å². The molecule has 1 aromatic rings. The molecule has 4 nitrogen and oxygen atoms in total. The van der Waals surface area contributed by atoms with Gasteiger partial charge >= 0.3 is 24.0 Å². The monoisotopic (exact) mass is 368 g/mol. The fourth-order valence-corrected chi connectivity index (χ4v) is 1.71. The summed E-state index contributed by atoms with van der Waals surface area (Å²) in [5, 5.41) is 0. The smallest absolute Gasteiger partial charge is 0.453 e. The molecule has 0 aromatic heterocycles. The highest BCUT2D eigenvalue weighted by Gasteiger charge is 2.56. The molecule has 0 saturated carbocycles. The predicted octanol–water partition coefficient (Wildman–Crippen LogP) is 4.03. The van der Waals surface area contributed by atoms with E-state index in [9.17, 15) is 31.5 Å². The van der Waals surface area contributed by atoms with Crippen LogP contribution in [-0.2, 0) is 25.7 Å². The standard InChI is InChI=1S/C16H17F5O4/c17-15(18,16(19,20)21)9-4-10-24-13(22)7-8-14(23)25-11-12-5-2-1-3-6-12/h1-3,5-6H,4,7-11H2. The first kappa shape index (κ1) is 20.9. The molecule has 0 N–H and O–H groups in total. The molecule has 0 bridgehead atoms. The SMILES string of the molecule is O=C(CCC(=O)OCc1ccccc1)OCCCC(F)(F)C(F)(F)F. The molecule has 25 heavy (non-hydrogen) atoms. The maximum absolute atomic E-state index is 12.6. The summed E-state index contributed by atoms with van der Waals surface area (Å²) in [5.41, 5.74) is 0.768. The third kappa shape index (κ3) is 7.95. The lowest BCUT2D eigenvalue weighted by Gasteiger charge is -2.19. The number of ether oxygens (including phenoxy) is 2. The van der Waals surface area contributed by atoms with E-state index in [1.807, 2.05) is 0 Å². The molecule has 0 saturated heterocycles. The van der Waals surface area contributed by atoms with Crippen LogP contribution >= 0.6 is 0 Å². The number of benzene rings is 1. The molecule has 0 spiro atoms. The van der Waals surface area contributed by atoms with E-state index < -0.39 is 43.5 Å². The van der Waals surface area contributed by atoms with Crippen LogP contribution in [0.25, 0.3) is 0 Å². The van der Waals surface area contributed by atoms with Crippen LogP contribution in [0.15, 0.2) is 30.3 Å². The molecule has 0 radical (unpaired) electrons. The number of carbonyl (C=O) groups excluding carboxylic acids is 2. The van der Waals surface area contributed by atoms with Crippen LogP contribution in [-0.4, -0.2) is 30.6 Å². The van der Waals surface area contributed by atoms with Gasteiger partial charge in [-0.05, 0) is 12.0 Å². The zero-order valence-corrected chi connectivity index (χ0v) is 13.2. The lowest BCUT2D eigenvalue weighted by molar-refractivity contribution is -0.285. The summed E-state index contributed by atoms with van der Waals surface area (Å²) in [7, 11) is 0. The minimum atomic E-state index is -5.63. The molecule has 0 atom stereocenters. The maximum Gasteiger partial charge on any atom is 0.453 e. The summed E-state index contributed by atoms with van der Waals surface area (Å²) in [5.74, 6) is -6.34. The van der Waals surface area contributed by atoms with Gasteiger partial charge in [0.1, 0.15) is 6.61 Å². The van der Waals surface area contributed by atoms with Gasteiger partial charge in [-0.15, -0.1) is 0 Å². The topological polar surface area (TPSA) is 52.6 Å². The van der Waals surface area contributed by atoms with Gasteiger partial charge in [-0.25, -0.2) is 0 Å². The zero-order valence-electron chi connectivity index (χ0n) is 13.2. The molecular weight excluding hydrogens is 351 g/mol. The number of esters is 2. The summed E-state index contributed by atoms with van der Waals surface area (Å²) < 4.78 is 70.4. The van der Waals surface area contributed by atoms with Gasteiger partial charge in [-0.3, -0.25) is 9.59 Å². The molecule has 0 heterocycles. The molecule has 1 aromatic carbocycles. The number of halogens is 5. The van der Waals surface area contributed by atoms with Gasteiger partial charge in [-0.1, -0.05) is 30.3 Å². The van der Waals surface area contributed by atoms with Crippen molar-refractivity contribution in [1.29, 1.82) is 0 Å². The highest BCUT2D eigenvalue weighted by Crippen LogP contribution is 2.38. The molecule has 0 amide bonds. The van der Waals surface area contributed by atoms with E-state index in [0.717, 1.165) is 5.56 Å². The first-order chi connectivity index (χ1) is 11.6. The Balaban J connectivity index is 2.15. The zero-order chi connectivity index (χ0) is 18.9. The first-order valence-electron chi connectivity index (χ1n) is 7.41. The Bertz CT molecular complexity index is 557. The summed E-state index contributed by atoms with van der Waals surface area (Å²) >= 11 is 0. The van der Waals surface area contributed by atoms with Crippen LogP contribution < -0.4 is 0 Å². The van der Waals surface area contributed by atoms with Crippen molar-refractivity contribution in [2.75, 3.05) is 6.61 Å². The fourth-order valence-electron chi connectivity index (χ4n) is 1.71. The van der Waals surface area contributed by atoms with Crippen molar-refractivity contribution >= 4 is 11.9 Å². The Morgan fingerprint density at radius 1 is 0.880 bits per heavy atom. The summed E-state index contributed by atoms with van der Waals surface area (Å²) in [6.07, 6.45) is -8.35. The molecule has 1 rings (SSSR count). The normalized spacial score (nSPS) is 11.9. The summed E-state index contributed by atoms with van der Waals surface area (Å²) in [6, 6.07) is 8.83. The van der Waals surface area contributed by atoms with Gasteiger partial charge in [0.25, 0.3) is 0 Å². The highest BCUT2D eigenvalue weighted by molar-refractivity contribution is 5.77. The van der Waals surface area contributed by atoms with E-state index in [1.54, 1.807) is 30.3 Å². The minimum Gasteiger partial charge on any atom is -0.466 e. The van der Waals surface area contributed by atoms with E-state index in [1.165, 1.54) is 0 Å². The Morgan fingerprint density at radius 2 is 1.44 bits per heavy atom. The molecule has 0 aliphatic rings. The molecule has 140 valence electrons.